The van der Waals surface area contributed by atoms with Crippen LogP contribution in [0.2, 0.25) is 0 Å². The fourth-order valence-corrected chi connectivity index (χ4v) is 1.18. The zero-order chi connectivity index (χ0) is 11.5. The smallest absolute Gasteiger partial charge is 0.227 e. The number of amides is 1. The molecule has 1 atom stereocenters. The maximum Gasteiger partial charge on any atom is 0.227 e. The number of hydrogen-bond donors (Lipinski definition) is 1. The van der Waals surface area contributed by atoms with E-state index in [4.69, 9.17) is 16.0 Å². The lowest BCUT2D eigenvalue weighted by Gasteiger charge is -2.22. The SMILES string of the molecule is CC(NC(=O)C(C)(C)CCl)c1ccco1. The van der Waals surface area contributed by atoms with Crippen molar-refractivity contribution in [2.45, 2.75) is 26.8 Å². The van der Waals surface area contributed by atoms with Crippen molar-refractivity contribution in [3.63, 3.8) is 0 Å². The third-order valence-electron chi connectivity index (χ3n) is 2.27. The zero-order valence-corrected chi connectivity index (χ0v) is 9.97. The van der Waals surface area contributed by atoms with E-state index in [1.165, 1.54) is 0 Å². The number of halogens is 1. The maximum atomic E-state index is 11.8. The van der Waals surface area contributed by atoms with Crippen molar-refractivity contribution in [2.24, 2.45) is 5.41 Å². The molecule has 0 fully saturated rings. The molecule has 3 nitrogen and oxygen atoms in total. The molecule has 0 aliphatic rings. The van der Waals surface area contributed by atoms with Crippen LogP contribution in [0.4, 0.5) is 0 Å². The predicted molar refractivity (Wildman–Crippen MR) is 59.8 cm³/mol. The highest BCUT2D eigenvalue weighted by molar-refractivity contribution is 6.19. The standard InChI is InChI=1S/C11H16ClNO2/c1-8(9-5-4-6-15-9)13-10(14)11(2,3)7-12/h4-6,8H,7H2,1-3H3,(H,13,14). The lowest BCUT2D eigenvalue weighted by molar-refractivity contribution is -0.129. The molecule has 0 saturated carbocycles. The van der Waals surface area contributed by atoms with Crippen LogP contribution in [0.1, 0.15) is 32.6 Å². The Bertz CT molecular complexity index is 319. The summed E-state index contributed by atoms with van der Waals surface area (Å²) in [6, 6.07) is 3.50. The van der Waals surface area contributed by atoms with E-state index in [2.05, 4.69) is 5.32 Å². The highest BCUT2D eigenvalue weighted by atomic mass is 35.5. The minimum Gasteiger partial charge on any atom is -0.467 e. The number of rotatable bonds is 4. The molecule has 84 valence electrons. The second-order valence-electron chi connectivity index (χ2n) is 4.23. The highest BCUT2D eigenvalue weighted by Gasteiger charge is 2.28. The summed E-state index contributed by atoms with van der Waals surface area (Å²) in [5.74, 6) is 0.971. The summed E-state index contributed by atoms with van der Waals surface area (Å²) in [6.07, 6.45) is 1.59. The number of carbonyl (C=O) groups is 1. The Morgan fingerprint density at radius 1 is 1.67 bits per heavy atom. The normalized spacial score (nSPS) is 13.6. The van der Waals surface area contributed by atoms with Crippen molar-refractivity contribution < 1.29 is 9.21 Å². The van der Waals surface area contributed by atoms with Crippen molar-refractivity contribution >= 4 is 17.5 Å². The van der Waals surface area contributed by atoms with Crippen LogP contribution < -0.4 is 5.32 Å². The fraction of sp³-hybridized carbons (Fsp3) is 0.545. The van der Waals surface area contributed by atoms with Gasteiger partial charge in [0, 0.05) is 5.88 Å². The Kier molecular flexibility index (Phi) is 3.80. The Balaban J connectivity index is 2.60. The molecule has 1 N–H and O–H groups in total. The van der Waals surface area contributed by atoms with Crippen LogP contribution in [0.25, 0.3) is 0 Å². The summed E-state index contributed by atoms with van der Waals surface area (Å²) in [5.41, 5.74) is -0.553. The maximum absolute atomic E-state index is 11.8. The molecule has 0 saturated heterocycles. The van der Waals surface area contributed by atoms with E-state index in [-0.39, 0.29) is 11.9 Å². The first kappa shape index (κ1) is 12.1. The van der Waals surface area contributed by atoms with Gasteiger partial charge in [-0.25, -0.2) is 0 Å². The van der Waals surface area contributed by atoms with E-state index < -0.39 is 5.41 Å². The van der Waals surface area contributed by atoms with E-state index in [1.807, 2.05) is 26.8 Å². The summed E-state index contributed by atoms with van der Waals surface area (Å²) in [5, 5.41) is 2.86. The van der Waals surface area contributed by atoms with E-state index in [9.17, 15) is 4.79 Å². The van der Waals surface area contributed by atoms with Gasteiger partial charge in [0.05, 0.1) is 17.7 Å². The molecule has 1 aromatic heterocycles. The van der Waals surface area contributed by atoms with Crippen LogP contribution in [0.3, 0.4) is 0 Å². The molecule has 1 amide bonds. The van der Waals surface area contributed by atoms with E-state index in [0.717, 1.165) is 5.76 Å². The van der Waals surface area contributed by atoms with Gasteiger partial charge in [0.25, 0.3) is 0 Å². The van der Waals surface area contributed by atoms with E-state index in [1.54, 1.807) is 12.3 Å². The van der Waals surface area contributed by atoms with Gasteiger partial charge in [-0.15, -0.1) is 11.6 Å². The molecular weight excluding hydrogens is 214 g/mol. The van der Waals surface area contributed by atoms with Gasteiger partial charge in [-0.2, -0.15) is 0 Å². The molecule has 0 spiro atoms. The van der Waals surface area contributed by atoms with Crippen molar-refractivity contribution in [3.8, 4) is 0 Å². The minimum absolute atomic E-state index is 0.0681. The van der Waals surface area contributed by atoms with Crippen LogP contribution in [-0.2, 0) is 4.79 Å². The molecule has 0 aliphatic heterocycles. The topological polar surface area (TPSA) is 42.2 Å². The summed E-state index contributed by atoms with van der Waals surface area (Å²) in [6.45, 7) is 5.50. The first-order valence-corrected chi connectivity index (χ1v) is 5.41. The number of alkyl halides is 1. The Morgan fingerprint density at radius 2 is 2.33 bits per heavy atom. The summed E-state index contributed by atoms with van der Waals surface area (Å²) >= 11 is 5.71. The third kappa shape index (κ3) is 2.99. The molecule has 0 aliphatic carbocycles. The van der Waals surface area contributed by atoms with E-state index >= 15 is 0 Å². The molecule has 4 heteroatoms. The van der Waals surface area contributed by atoms with Crippen LogP contribution >= 0.6 is 11.6 Å². The fourth-order valence-electron chi connectivity index (χ4n) is 1.06. The first-order valence-electron chi connectivity index (χ1n) is 4.87. The van der Waals surface area contributed by atoms with Crippen molar-refractivity contribution in [2.75, 3.05) is 5.88 Å². The van der Waals surface area contributed by atoms with Crippen molar-refractivity contribution in [3.05, 3.63) is 24.2 Å². The molecule has 1 heterocycles. The monoisotopic (exact) mass is 229 g/mol. The predicted octanol–water partition coefficient (Wildman–Crippen LogP) is 2.72. The Labute approximate surface area is 94.8 Å². The van der Waals surface area contributed by atoms with Crippen LogP contribution in [-0.4, -0.2) is 11.8 Å². The summed E-state index contributed by atoms with van der Waals surface area (Å²) < 4.78 is 5.19. The number of furan rings is 1. The molecule has 15 heavy (non-hydrogen) atoms. The number of carbonyl (C=O) groups excluding carboxylic acids is 1. The molecule has 1 aromatic rings. The summed E-state index contributed by atoms with van der Waals surface area (Å²) in [7, 11) is 0. The molecule has 0 bridgehead atoms. The lowest BCUT2D eigenvalue weighted by Crippen LogP contribution is -2.39. The zero-order valence-electron chi connectivity index (χ0n) is 9.21. The van der Waals surface area contributed by atoms with Gasteiger partial charge < -0.3 is 9.73 Å². The molecule has 0 radical (unpaired) electrons. The van der Waals surface area contributed by atoms with Gasteiger partial charge in [-0.3, -0.25) is 4.79 Å². The molecule has 1 unspecified atom stereocenters. The Hall–Kier alpha value is -0.960. The molecule has 0 aromatic carbocycles. The van der Waals surface area contributed by atoms with Crippen LogP contribution in [0, 0.1) is 5.41 Å². The van der Waals surface area contributed by atoms with E-state index in [0.29, 0.717) is 5.88 Å². The van der Waals surface area contributed by atoms with Crippen LogP contribution in [0.15, 0.2) is 22.8 Å². The minimum atomic E-state index is -0.553. The highest BCUT2D eigenvalue weighted by Crippen LogP contribution is 2.20. The Morgan fingerprint density at radius 3 is 2.80 bits per heavy atom. The van der Waals surface area contributed by atoms with Crippen molar-refractivity contribution in [1.29, 1.82) is 0 Å². The molecular formula is C11H16ClNO2. The second kappa shape index (κ2) is 4.71. The van der Waals surface area contributed by atoms with Gasteiger partial charge in [0.15, 0.2) is 0 Å². The van der Waals surface area contributed by atoms with Crippen molar-refractivity contribution in [1.82, 2.24) is 5.32 Å². The first-order chi connectivity index (χ1) is 6.97. The quantitative estimate of drug-likeness (QED) is 0.807. The second-order valence-corrected chi connectivity index (χ2v) is 4.50. The van der Waals surface area contributed by atoms with Gasteiger partial charge in [0.2, 0.25) is 5.91 Å². The summed E-state index contributed by atoms with van der Waals surface area (Å²) in [4.78, 5) is 11.8. The number of hydrogen-bond acceptors (Lipinski definition) is 2. The average Bonchev–Trinajstić information content (AvgIpc) is 2.70. The van der Waals surface area contributed by atoms with Gasteiger partial charge in [-0.1, -0.05) is 0 Å². The average molecular weight is 230 g/mol. The van der Waals surface area contributed by atoms with Gasteiger partial charge >= 0.3 is 0 Å². The third-order valence-corrected chi connectivity index (χ3v) is 2.93. The largest absolute Gasteiger partial charge is 0.467 e. The van der Waals surface area contributed by atoms with Gasteiger partial charge in [-0.05, 0) is 32.9 Å². The number of nitrogens with one attached hydrogen (secondary N) is 1. The molecule has 1 rings (SSSR count). The lowest BCUT2D eigenvalue weighted by atomic mass is 9.95. The van der Waals surface area contributed by atoms with Crippen LogP contribution in [0.5, 0.6) is 0 Å². The van der Waals surface area contributed by atoms with Gasteiger partial charge in [0.1, 0.15) is 5.76 Å².